The average molecular weight is 415 g/mol. The van der Waals surface area contributed by atoms with Crippen LogP contribution in [0.15, 0.2) is 104 Å². The van der Waals surface area contributed by atoms with Crippen molar-refractivity contribution in [2.24, 2.45) is 0 Å². The quantitative estimate of drug-likeness (QED) is 0.344. The molecule has 1 aliphatic rings. The van der Waals surface area contributed by atoms with Crippen LogP contribution in [0.5, 0.6) is 11.5 Å². The highest BCUT2D eigenvalue weighted by molar-refractivity contribution is 5.89. The van der Waals surface area contributed by atoms with E-state index in [4.69, 9.17) is 4.74 Å². The Morgan fingerprint density at radius 1 is 0.531 bits per heavy atom. The Bertz CT molecular complexity index is 1300. The molecule has 0 aliphatic carbocycles. The van der Waals surface area contributed by atoms with E-state index < -0.39 is 0 Å². The highest BCUT2D eigenvalue weighted by Crippen LogP contribution is 2.51. The van der Waals surface area contributed by atoms with Gasteiger partial charge in [0.05, 0.1) is 11.4 Å². The summed E-state index contributed by atoms with van der Waals surface area (Å²) in [5, 5.41) is 0. The van der Waals surface area contributed by atoms with Gasteiger partial charge in [0.1, 0.15) is 12.7 Å². The van der Waals surface area contributed by atoms with E-state index >= 15 is 0 Å². The lowest BCUT2D eigenvalue weighted by atomic mass is 9.99. The Labute approximate surface area is 184 Å². The maximum Gasteiger partial charge on any atom is 0.151 e. The fraction of sp³-hybridized carbons (Fsp3) is 0. The Morgan fingerprint density at radius 2 is 1.00 bits per heavy atom. The SMILES string of the molecule is c1ccc2c(c1)Oc1ccccc1N2c1cc(-c2cncnc2)cc(-c2cncnc2)c1. The van der Waals surface area contributed by atoms with Gasteiger partial charge >= 0.3 is 0 Å². The van der Waals surface area contributed by atoms with Crippen molar-refractivity contribution in [2.45, 2.75) is 0 Å². The number of anilines is 3. The first kappa shape index (κ1) is 18.2. The van der Waals surface area contributed by atoms with Crippen molar-refractivity contribution in [3.05, 3.63) is 104 Å². The van der Waals surface area contributed by atoms with Gasteiger partial charge in [0, 0.05) is 41.6 Å². The van der Waals surface area contributed by atoms with E-state index in [0.717, 1.165) is 50.8 Å². The highest BCUT2D eigenvalue weighted by atomic mass is 16.5. The molecule has 0 spiro atoms. The van der Waals surface area contributed by atoms with Crippen LogP contribution < -0.4 is 9.64 Å². The van der Waals surface area contributed by atoms with Crippen LogP contribution in [0.3, 0.4) is 0 Å². The topological polar surface area (TPSA) is 64.0 Å². The summed E-state index contributed by atoms with van der Waals surface area (Å²) in [6.45, 7) is 0. The molecule has 0 bridgehead atoms. The lowest BCUT2D eigenvalue weighted by Crippen LogP contribution is -2.15. The number of hydrogen-bond acceptors (Lipinski definition) is 6. The number of fused-ring (bicyclic) bond motifs is 2. The molecule has 6 nitrogen and oxygen atoms in total. The molecule has 5 aromatic rings. The van der Waals surface area contributed by atoms with E-state index in [2.05, 4.69) is 55.2 Å². The van der Waals surface area contributed by atoms with Gasteiger partial charge in [-0.05, 0) is 53.6 Å². The normalized spacial score (nSPS) is 11.9. The second-order valence-electron chi connectivity index (χ2n) is 7.40. The van der Waals surface area contributed by atoms with Crippen LogP contribution in [-0.2, 0) is 0 Å². The largest absolute Gasteiger partial charge is 0.453 e. The van der Waals surface area contributed by atoms with Crippen molar-refractivity contribution in [3.63, 3.8) is 0 Å². The Balaban J connectivity index is 1.61. The fourth-order valence-corrected chi connectivity index (χ4v) is 3.95. The summed E-state index contributed by atoms with van der Waals surface area (Å²) in [5.41, 5.74) is 6.82. The number of rotatable bonds is 3. The number of ether oxygens (including phenoxy) is 1. The van der Waals surface area contributed by atoms with E-state index in [-0.39, 0.29) is 0 Å². The van der Waals surface area contributed by atoms with Crippen LogP contribution in [0.1, 0.15) is 0 Å². The second-order valence-corrected chi connectivity index (χ2v) is 7.40. The van der Waals surface area contributed by atoms with Crippen molar-refractivity contribution < 1.29 is 4.74 Å². The third kappa shape index (κ3) is 3.15. The second kappa shape index (κ2) is 7.59. The molecule has 0 radical (unpaired) electrons. The molecule has 0 saturated carbocycles. The van der Waals surface area contributed by atoms with E-state index in [1.165, 1.54) is 12.7 Å². The van der Waals surface area contributed by atoms with Crippen LogP contribution in [0.2, 0.25) is 0 Å². The predicted octanol–water partition coefficient (Wildman–Crippen LogP) is 6.18. The minimum absolute atomic E-state index is 0.809. The lowest BCUT2D eigenvalue weighted by molar-refractivity contribution is 0.477. The van der Waals surface area contributed by atoms with Crippen molar-refractivity contribution in [1.29, 1.82) is 0 Å². The minimum Gasteiger partial charge on any atom is -0.453 e. The van der Waals surface area contributed by atoms with Gasteiger partial charge in [-0.3, -0.25) is 0 Å². The number of nitrogens with zero attached hydrogens (tertiary/aromatic N) is 5. The monoisotopic (exact) mass is 415 g/mol. The van der Waals surface area contributed by atoms with Gasteiger partial charge in [-0.1, -0.05) is 24.3 Å². The fourth-order valence-electron chi connectivity index (χ4n) is 3.95. The van der Waals surface area contributed by atoms with Gasteiger partial charge in [0.25, 0.3) is 0 Å². The standard InChI is InChI=1S/C26H17N5O/c1-3-7-25-23(5-1)31(24-6-2-4-8-26(24)32-25)22-10-18(20-12-27-16-28-13-20)9-19(11-22)21-14-29-17-30-15-21/h1-17H. The molecule has 2 aromatic heterocycles. The molecule has 1 aliphatic heterocycles. The molecule has 0 saturated heterocycles. The van der Waals surface area contributed by atoms with Crippen molar-refractivity contribution in [2.75, 3.05) is 4.90 Å². The molecule has 152 valence electrons. The molecule has 6 rings (SSSR count). The summed E-state index contributed by atoms with van der Waals surface area (Å²) < 4.78 is 6.18. The van der Waals surface area contributed by atoms with E-state index in [1.807, 2.05) is 61.2 Å². The molecular weight excluding hydrogens is 398 g/mol. The van der Waals surface area contributed by atoms with Crippen LogP contribution in [0.25, 0.3) is 22.3 Å². The summed E-state index contributed by atoms with van der Waals surface area (Å²) in [7, 11) is 0. The molecule has 0 unspecified atom stereocenters. The van der Waals surface area contributed by atoms with Crippen LogP contribution in [-0.4, -0.2) is 19.9 Å². The van der Waals surface area contributed by atoms with Gasteiger partial charge in [-0.25, -0.2) is 19.9 Å². The molecular formula is C26H17N5O. The van der Waals surface area contributed by atoms with Crippen molar-refractivity contribution >= 4 is 17.1 Å². The Morgan fingerprint density at radius 3 is 1.50 bits per heavy atom. The number of hydrogen-bond donors (Lipinski definition) is 0. The van der Waals surface area contributed by atoms with Gasteiger partial charge in [0.2, 0.25) is 0 Å². The zero-order chi connectivity index (χ0) is 21.3. The molecule has 32 heavy (non-hydrogen) atoms. The van der Waals surface area contributed by atoms with Gasteiger partial charge in [-0.15, -0.1) is 0 Å². The van der Waals surface area contributed by atoms with Crippen molar-refractivity contribution in [3.8, 4) is 33.8 Å². The Hall–Kier alpha value is -4.58. The summed E-state index contributed by atoms with van der Waals surface area (Å²) in [4.78, 5) is 19.0. The van der Waals surface area contributed by atoms with Gasteiger partial charge in [-0.2, -0.15) is 0 Å². The number of para-hydroxylation sites is 4. The zero-order valence-corrected chi connectivity index (χ0v) is 17.0. The average Bonchev–Trinajstić information content (AvgIpc) is 2.88. The third-order valence-corrected chi connectivity index (χ3v) is 5.40. The highest BCUT2D eigenvalue weighted by Gasteiger charge is 2.26. The molecule has 0 fully saturated rings. The molecule has 3 heterocycles. The van der Waals surface area contributed by atoms with Crippen LogP contribution in [0.4, 0.5) is 17.1 Å². The molecule has 0 N–H and O–H groups in total. The van der Waals surface area contributed by atoms with Crippen LogP contribution >= 0.6 is 0 Å². The summed E-state index contributed by atoms with van der Waals surface area (Å²) >= 11 is 0. The number of aromatic nitrogens is 4. The van der Waals surface area contributed by atoms with E-state index in [9.17, 15) is 0 Å². The van der Waals surface area contributed by atoms with E-state index in [0.29, 0.717) is 0 Å². The zero-order valence-electron chi connectivity index (χ0n) is 17.0. The smallest absolute Gasteiger partial charge is 0.151 e. The minimum atomic E-state index is 0.809. The first-order valence-corrected chi connectivity index (χ1v) is 10.2. The maximum atomic E-state index is 6.18. The molecule has 3 aromatic carbocycles. The first-order valence-electron chi connectivity index (χ1n) is 10.2. The lowest BCUT2D eigenvalue weighted by Gasteiger charge is -2.33. The summed E-state index contributed by atoms with van der Waals surface area (Å²) in [6.07, 6.45) is 10.3. The van der Waals surface area contributed by atoms with E-state index in [1.54, 1.807) is 0 Å². The van der Waals surface area contributed by atoms with Gasteiger partial charge < -0.3 is 9.64 Å². The Kier molecular flexibility index (Phi) is 4.32. The number of benzene rings is 3. The molecule has 6 heteroatoms. The molecule has 0 amide bonds. The summed E-state index contributed by atoms with van der Waals surface area (Å²) in [5.74, 6) is 1.62. The van der Waals surface area contributed by atoms with Gasteiger partial charge in [0.15, 0.2) is 11.5 Å². The molecule has 0 atom stereocenters. The summed E-state index contributed by atoms with van der Waals surface area (Å²) in [6, 6.07) is 22.5. The van der Waals surface area contributed by atoms with Crippen LogP contribution in [0, 0.1) is 0 Å². The van der Waals surface area contributed by atoms with Crippen molar-refractivity contribution in [1.82, 2.24) is 19.9 Å². The maximum absolute atomic E-state index is 6.18. The first-order chi connectivity index (χ1) is 15.9. The third-order valence-electron chi connectivity index (χ3n) is 5.40. The predicted molar refractivity (Wildman–Crippen MR) is 123 cm³/mol.